The third-order valence-electron chi connectivity index (χ3n) is 3.66. The van der Waals surface area contributed by atoms with Gasteiger partial charge in [-0.15, -0.1) is 0 Å². The third-order valence-corrected chi connectivity index (χ3v) is 3.99. The minimum Gasteiger partial charge on any atom is -0.490 e. The van der Waals surface area contributed by atoms with Gasteiger partial charge in [-0.2, -0.15) is 0 Å². The summed E-state index contributed by atoms with van der Waals surface area (Å²) in [6, 6.07) is 12.5. The highest BCUT2D eigenvalue weighted by Crippen LogP contribution is 2.31. The summed E-state index contributed by atoms with van der Waals surface area (Å²) in [6.45, 7) is 6.31. The van der Waals surface area contributed by atoms with E-state index in [4.69, 9.17) is 25.8 Å². The molecule has 1 aliphatic heterocycles. The van der Waals surface area contributed by atoms with E-state index in [0.717, 1.165) is 5.56 Å². The van der Waals surface area contributed by atoms with Gasteiger partial charge in [0, 0.05) is 0 Å². The lowest BCUT2D eigenvalue weighted by Gasteiger charge is -2.14. The first-order valence-corrected chi connectivity index (χ1v) is 9.06. The van der Waals surface area contributed by atoms with Gasteiger partial charge in [-0.3, -0.25) is 0 Å². The zero-order valence-electron chi connectivity index (χ0n) is 15.4. The lowest BCUT2D eigenvalue weighted by Crippen LogP contribution is -2.07. The summed E-state index contributed by atoms with van der Waals surface area (Å²) >= 11 is 6.15. The average molecular weight is 386 g/mol. The Morgan fingerprint density at radius 1 is 1.19 bits per heavy atom. The molecular weight excluding hydrogens is 366 g/mol. The summed E-state index contributed by atoms with van der Waals surface area (Å²) in [5.74, 6) is 0.942. The maximum Gasteiger partial charge on any atom is 0.363 e. The smallest absolute Gasteiger partial charge is 0.363 e. The molecule has 3 rings (SSSR count). The zero-order chi connectivity index (χ0) is 19.4. The summed E-state index contributed by atoms with van der Waals surface area (Å²) < 4.78 is 16.7. The number of aliphatic imine (C=N–C) groups is 1. The fraction of sp³-hybridized carbons (Fsp3) is 0.238. The van der Waals surface area contributed by atoms with Crippen LogP contribution < -0.4 is 9.47 Å². The van der Waals surface area contributed by atoms with Gasteiger partial charge in [0.1, 0.15) is 0 Å². The second-order valence-electron chi connectivity index (χ2n) is 6.12. The fourth-order valence-corrected chi connectivity index (χ4v) is 2.77. The third kappa shape index (κ3) is 4.49. The number of ether oxygens (including phenoxy) is 3. The van der Waals surface area contributed by atoms with Gasteiger partial charge in [0.2, 0.25) is 5.90 Å². The molecule has 0 spiro atoms. The molecule has 27 heavy (non-hydrogen) atoms. The van der Waals surface area contributed by atoms with E-state index in [0.29, 0.717) is 28.7 Å². The number of benzene rings is 2. The molecule has 1 heterocycles. The molecule has 0 atom stereocenters. The van der Waals surface area contributed by atoms with Crippen LogP contribution in [0.25, 0.3) is 6.08 Å². The standard InChI is InChI=1S/C21H20ClNO4/c1-4-25-19-12-14(9-10-18(19)26-13(2)3)11-17-21(24)27-20(23-17)15-7-5-6-8-16(15)22/h5-13H,4H2,1-3H3/b17-11-. The first-order chi connectivity index (χ1) is 13.0. The Morgan fingerprint density at radius 2 is 1.96 bits per heavy atom. The molecule has 0 bridgehead atoms. The molecule has 0 fully saturated rings. The molecule has 5 nitrogen and oxygen atoms in total. The highest BCUT2D eigenvalue weighted by molar-refractivity contribution is 6.34. The lowest BCUT2D eigenvalue weighted by molar-refractivity contribution is -0.129. The van der Waals surface area contributed by atoms with E-state index in [1.54, 1.807) is 30.3 Å². The van der Waals surface area contributed by atoms with E-state index in [1.165, 1.54) is 0 Å². The van der Waals surface area contributed by atoms with Crippen LogP contribution in [0, 0.1) is 0 Å². The van der Waals surface area contributed by atoms with Gasteiger partial charge in [0.15, 0.2) is 17.2 Å². The molecule has 2 aromatic carbocycles. The summed E-state index contributed by atoms with van der Waals surface area (Å²) in [5, 5.41) is 0.471. The number of rotatable bonds is 6. The minimum absolute atomic E-state index is 0.0287. The van der Waals surface area contributed by atoms with Gasteiger partial charge in [-0.1, -0.05) is 29.8 Å². The molecule has 0 unspecified atom stereocenters. The van der Waals surface area contributed by atoms with E-state index in [-0.39, 0.29) is 17.7 Å². The molecule has 140 valence electrons. The highest BCUT2D eigenvalue weighted by Gasteiger charge is 2.25. The van der Waals surface area contributed by atoms with Gasteiger partial charge in [0.05, 0.1) is 23.3 Å². The summed E-state index contributed by atoms with van der Waals surface area (Å²) in [4.78, 5) is 16.5. The molecule has 6 heteroatoms. The zero-order valence-corrected chi connectivity index (χ0v) is 16.1. The second kappa shape index (κ2) is 8.27. The first-order valence-electron chi connectivity index (χ1n) is 8.69. The van der Waals surface area contributed by atoms with E-state index in [2.05, 4.69) is 4.99 Å². The Bertz CT molecular complexity index is 918. The van der Waals surface area contributed by atoms with Crippen LogP contribution in [0.2, 0.25) is 5.02 Å². The maximum atomic E-state index is 12.2. The fourth-order valence-electron chi connectivity index (χ4n) is 2.55. The van der Waals surface area contributed by atoms with Crippen molar-refractivity contribution < 1.29 is 19.0 Å². The lowest BCUT2D eigenvalue weighted by atomic mass is 10.1. The van der Waals surface area contributed by atoms with Crippen molar-refractivity contribution in [2.24, 2.45) is 4.99 Å². The van der Waals surface area contributed by atoms with Gasteiger partial charge in [-0.25, -0.2) is 9.79 Å². The van der Waals surface area contributed by atoms with Crippen molar-refractivity contribution in [3.63, 3.8) is 0 Å². The van der Waals surface area contributed by atoms with Crippen LogP contribution in [0.4, 0.5) is 0 Å². The number of nitrogens with zero attached hydrogens (tertiary/aromatic N) is 1. The molecule has 1 aliphatic rings. The topological polar surface area (TPSA) is 57.1 Å². The Morgan fingerprint density at radius 3 is 2.67 bits per heavy atom. The van der Waals surface area contributed by atoms with Crippen molar-refractivity contribution in [1.29, 1.82) is 0 Å². The van der Waals surface area contributed by atoms with Gasteiger partial charge in [-0.05, 0) is 56.7 Å². The molecular formula is C21H20ClNO4. The molecule has 0 saturated heterocycles. The predicted octanol–water partition coefficient (Wildman–Crippen LogP) is 4.87. The maximum absolute atomic E-state index is 12.2. The van der Waals surface area contributed by atoms with Crippen molar-refractivity contribution in [2.75, 3.05) is 6.61 Å². The number of hydrogen-bond donors (Lipinski definition) is 0. The van der Waals surface area contributed by atoms with E-state index >= 15 is 0 Å². The van der Waals surface area contributed by atoms with Crippen LogP contribution in [0.1, 0.15) is 31.9 Å². The Balaban J connectivity index is 1.92. The Labute approximate surface area is 163 Å². The number of carbonyl (C=O) groups is 1. The second-order valence-corrected chi connectivity index (χ2v) is 6.53. The molecule has 0 aromatic heterocycles. The van der Waals surface area contributed by atoms with Crippen molar-refractivity contribution >= 4 is 29.5 Å². The number of esters is 1. The quantitative estimate of drug-likeness (QED) is 0.525. The molecule has 0 radical (unpaired) electrons. The number of carbonyl (C=O) groups excluding carboxylic acids is 1. The molecule has 0 aliphatic carbocycles. The Hall–Kier alpha value is -2.79. The van der Waals surface area contributed by atoms with Crippen molar-refractivity contribution in [1.82, 2.24) is 0 Å². The van der Waals surface area contributed by atoms with Crippen LogP contribution in [0.5, 0.6) is 11.5 Å². The summed E-state index contributed by atoms with van der Waals surface area (Å²) in [5.41, 5.74) is 1.53. The Kier molecular flexibility index (Phi) is 5.81. The SMILES string of the molecule is CCOc1cc(/C=C2\N=C(c3ccccc3Cl)OC2=O)ccc1OC(C)C. The van der Waals surface area contributed by atoms with E-state index in [9.17, 15) is 4.79 Å². The van der Waals surface area contributed by atoms with E-state index in [1.807, 2.05) is 39.0 Å². The van der Waals surface area contributed by atoms with Gasteiger partial charge < -0.3 is 14.2 Å². The minimum atomic E-state index is -0.523. The van der Waals surface area contributed by atoms with Crippen molar-refractivity contribution in [2.45, 2.75) is 26.9 Å². The van der Waals surface area contributed by atoms with Crippen LogP contribution in [-0.2, 0) is 9.53 Å². The number of hydrogen-bond acceptors (Lipinski definition) is 5. The predicted molar refractivity (Wildman–Crippen MR) is 105 cm³/mol. The highest BCUT2D eigenvalue weighted by atomic mass is 35.5. The summed E-state index contributed by atoms with van der Waals surface area (Å²) in [7, 11) is 0. The average Bonchev–Trinajstić information content (AvgIpc) is 2.98. The molecule has 0 amide bonds. The van der Waals surface area contributed by atoms with Crippen molar-refractivity contribution in [3.05, 3.63) is 64.3 Å². The van der Waals surface area contributed by atoms with Crippen LogP contribution >= 0.6 is 11.6 Å². The van der Waals surface area contributed by atoms with Crippen LogP contribution in [0.3, 0.4) is 0 Å². The molecule has 2 aromatic rings. The van der Waals surface area contributed by atoms with Crippen LogP contribution in [0.15, 0.2) is 53.2 Å². The van der Waals surface area contributed by atoms with Crippen LogP contribution in [-0.4, -0.2) is 24.6 Å². The normalized spacial score (nSPS) is 15.1. The number of cyclic esters (lactones) is 1. The van der Waals surface area contributed by atoms with Gasteiger partial charge in [0.25, 0.3) is 0 Å². The largest absolute Gasteiger partial charge is 0.490 e. The molecule has 0 N–H and O–H groups in total. The number of halogens is 1. The van der Waals surface area contributed by atoms with E-state index < -0.39 is 5.97 Å². The monoisotopic (exact) mass is 385 g/mol. The van der Waals surface area contributed by atoms with Crippen molar-refractivity contribution in [3.8, 4) is 11.5 Å². The van der Waals surface area contributed by atoms with Gasteiger partial charge >= 0.3 is 5.97 Å². The molecule has 0 saturated carbocycles. The first kappa shape index (κ1) is 19.0. The summed E-state index contributed by atoms with van der Waals surface area (Å²) in [6.07, 6.45) is 1.68.